The molecule has 2 N–H and O–H groups in total. The van der Waals surface area contributed by atoms with Crippen LogP contribution < -0.4 is 4.72 Å². The Morgan fingerprint density at radius 2 is 2.11 bits per heavy atom. The lowest BCUT2D eigenvalue weighted by molar-refractivity contribution is 0.580. The molecule has 0 aliphatic carbocycles. The molecule has 0 atom stereocenters. The largest absolute Gasteiger partial charge is 0.347 e. The molecule has 0 amide bonds. The molecule has 2 aromatic rings. The van der Waals surface area contributed by atoms with E-state index in [1.54, 1.807) is 0 Å². The number of benzene rings is 1. The maximum absolute atomic E-state index is 12.0. The summed E-state index contributed by atoms with van der Waals surface area (Å²) >= 11 is 11.6. The first-order valence-corrected chi connectivity index (χ1v) is 7.15. The molecule has 0 aliphatic heterocycles. The zero-order valence-corrected chi connectivity index (χ0v) is 11.4. The van der Waals surface area contributed by atoms with Crippen molar-refractivity contribution < 1.29 is 8.42 Å². The first kappa shape index (κ1) is 13.4. The maximum Gasteiger partial charge on any atom is 0.242 e. The summed E-state index contributed by atoms with van der Waals surface area (Å²) in [6.07, 6.45) is 3.00. The third-order valence-electron chi connectivity index (χ3n) is 2.19. The van der Waals surface area contributed by atoms with E-state index in [0.29, 0.717) is 10.7 Å². The fourth-order valence-electron chi connectivity index (χ4n) is 1.32. The molecule has 2 rings (SSSR count). The van der Waals surface area contributed by atoms with Crippen molar-refractivity contribution in [2.24, 2.45) is 0 Å². The number of sulfonamides is 1. The number of nitrogens with one attached hydrogen (secondary N) is 2. The molecular weight excluding hydrogens is 297 g/mol. The predicted octanol–water partition coefficient (Wildman–Crippen LogP) is 2.19. The molecule has 0 radical (unpaired) electrons. The van der Waals surface area contributed by atoms with E-state index in [4.69, 9.17) is 23.2 Å². The highest BCUT2D eigenvalue weighted by Gasteiger charge is 2.18. The number of imidazole rings is 1. The minimum absolute atomic E-state index is 0.0452. The Hall–Kier alpha value is -1.08. The van der Waals surface area contributed by atoms with Crippen LogP contribution in [0.4, 0.5) is 0 Å². The van der Waals surface area contributed by atoms with E-state index in [1.165, 1.54) is 30.7 Å². The number of nitrogens with zero attached hydrogens (tertiary/aromatic N) is 1. The molecule has 0 saturated heterocycles. The summed E-state index contributed by atoms with van der Waals surface area (Å²) in [5, 5.41) is 0.429. The van der Waals surface area contributed by atoms with Crippen LogP contribution in [0.25, 0.3) is 0 Å². The topological polar surface area (TPSA) is 74.8 Å². The normalized spacial score (nSPS) is 11.7. The van der Waals surface area contributed by atoms with Crippen molar-refractivity contribution in [3.8, 4) is 0 Å². The molecule has 1 heterocycles. The van der Waals surface area contributed by atoms with Crippen molar-refractivity contribution in [3.05, 3.63) is 46.5 Å². The average molecular weight is 306 g/mol. The Bertz CT molecular complexity index is 641. The quantitative estimate of drug-likeness (QED) is 0.909. The molecule has 0 aliphatic rings. The molecule has 96 valence electrons. The maximum atomic E-state index is 12.0. The summed E-state index contributed by atoms with van der Waals surface area (Å²) in [4.78, 5) is 6.53. The van der Waals surface area contributed by atoms with E-state index in [-0.39, 0.29) is 16.5 Å². The second-order valence-corrected chi connectivity index (χ2v) is 6.06. The SMILES string of the molecule is O=S(=O)(NCc1cnc[nH]1)c1cc(Cl)ccc1Cl. The molecule has 0 unspecified atom stereocenters. The van der Waals surface area contributed by atoms with E-state index in [9.17, 15) is 8.42 Å². The Labute approximate surface area is 114 Å². The lowest BCUT2D eigenvalue weighted by Crippen LogP contribution is -2.23. The zero-order valence-electron chi connectivity index (χ0n) is 9.02. The van der Waals surface area contributed by atoms with Crippen LogP contribution in [-0.2, 0) is 16.6 Å². The highest BCUT2D eigenvalue weighted by molar-refractivity contribution is 7.89. The van der Waals surface area contributed by atoms with Gasteiger partial charge in [-0.25, -0.2) is 18.1 Å². The predicted molar refractivity (Wildman–Crippen MR) is 69.1 cm³/mol. The van der Waals surface area contributed by atoms with Crippen molar-refractivity contribution >= 4 is 33.2 Å². The van der Waals surface area contributed by atoms with Gasteiger partial charge in [0.1, 0.15) is 4.90 Å². The highest BCUT2D eigenvalue weighted by Crippen LogP contribution is 2.24. The van der Waals surface area contributed by atoms with Crippen molar-refractivity contribution in [1.29, 1.82) is 0 Å². The summed E-state index contributed by atoms with van der Waals surface area (Å²) < 4.78 is 26.4. The minimum Gasteiger partial charge on any atom is -0.347 e. The van der Waals surface area contributed by atoms with Crippen LogP contribution in [0.15, 0.2) is 35.6 Å². The van der Waals surface area contributed by atoms with Crippen LogP contribution in [0, 0.1) is 0 Å². The van der Waals surface area contributed by atoms with Crippen LogP contribution in [0.2, 0.25) is 10.0 Å². The molecule has 0 saturated carbocycles. The van der Waals surface area contributed by atoms with Gasteiger partial charge in [0, 0.05) is 16.9 Å². The van der Waals surface area contributed by atoms with Gasteiger partial charge in [0.2, 0.25) is 10.0 Å². The van der Waals surface area contributed by atoms with E-state index >= 15 is 0 Å². The van der Waals surface area contributed by atoms with E-state index in [0.717, 1.165) is 0 Å². The van der Waals surface area contributed by atoms with Crippen LogP contribution in [-0.4, -0.2) is 18.4 Å². The number of hydrogen-bond acceptors (Lipinski definition) is 3. The van der Waals surface area contributed by atoms with Crippen LogP contribution >= 0.6 is 23.2 Å². The number of H-pyrrole nitrogens is 1. The summed E-state index contributed by atoms with van der Waals surface area (Å²) in [5.41, 5.74) is 0.650. The molecule has 0 spiro atoms. The summed E-state index contributed by atoms with van der Waals surface area (Å²) in [6, 6.07) is 4.27. The first-order valence-electron chi connectivity index (χ1n) is 4.91. The third kappa shape index (κ3) is 3.02. The molecule has 5 nitrogen and oxygen atoms in total. The number of aromatic nitrogens is 2. The summed E-state index contributed by atoms with van der Waals surface area (Å²) in [5.74, 6) is 0. The molecule has 18 heavy (non-hydrogen) atoms. The lowest BCUT2D eigenvalue weighted by atomic mass is 10.4. The Kier molecular flexibility index (Phi) is 3.91. The van der Waals surface area contributed by atoms with Gasteiger partial charge in [-0.1, -0.05) is 23.2 Å². The number of halogens is 2. The van der Waals surface area contributed by atoms with Gasteiger partial charge < -0.3 is 4.98 Å². The van der Waals surface area contributed by atoms with Gasteiger partial charge in [0.15, 0.2) is 0 Å². The fraction of sp³-hybridized carbons (Fsp3) is 0.100. The third-order valence-corrected chi connectivity index (χ3v) is 4.31. The molecule has 1 aromatic carbocycles. The fourth-order valence-corrected chi connectivity index (χ4v) is 3.08. The van der Waals surface area contributed by atoms with Crippen LogP contribution in [0.3, 0.4) is 0 Å². The van der Waals surface area contributed by atoms with E-state index in [2.05, 4.69) is 14.7 Å². The van der Waals surface area contributed by atoms with Crippen molar-refractivity contribution in [2.75, 3.05) is 0 Å². The van der Waals surface area contributed by atoms with Gasteiger partial charge in [-0.2, -0.15) is 0 Å². The smallest absolute Gasteiger partial charge is 0.242 e. The lowest BCUT2D eigenvalue weighted by Gasteiger charge is -2.07. The van der Waals surface area contributed by atoms with Gasteiger partial charge in [0.25, 0.3) is 0 Å². The Morgan fingerprint density at radius 3 is 2.78 bits per heavy atom. The first-order chi connectivity index (χ1) is 8.49. The monoisotopic (exact) mass is 305 g/mol. The molecular formula is C10H9Cl2N3O2S. The Balaban J connectivity index is 2.22. The van der Waals surface area contributed by atoms with Crippen LogP contribution in [0.1, 0.15) is 5.69 Å². The van der Waals surface area contributed by atoms with E-state index in [1.807, 2.05) is 0 Å². The molecule has 1 aromatic heterocycles. The van der Waals surface area contributed by atoms with Gasteiger partial charge in [-0.15, -0.1) is 0 Å². The summed E-state index contributed by atoms with van der Waals surface area (Å²) in [6.45, 7) is 0.102. The highest BCUT2D eigenvalue weighted by atomic mass is 35.5. The van der Waals surface area contributed by atoms with Gasteiger partial charge >= 0.3 is 0 Å². The molecule has 0 bridgehead atoms. The van der Waals surface area contributed by atoms with Gasteiger partial charge in [0.05, 0.1) is 17.9 Å². The molecule has 8 heteroatoms. The number of rotatable bonds is 4. The standard InChI is InChI=1S/C10H9Cl2N3O2S/c11-7-1-2-9(12)10(3-7)18(16,17)15-5-8-4-13-6-14-8/h1-4,6,15H,5H2,(H,13,14). The second-order valence-electron chi connectivity index (χ2n) is 3.48. The van der Waals surface area contributed by atoms with Crippen molar-refractivity contribution in [1.82, 2.24) is 14.7 Å². The average Bonchev–Trinajstić information content (AvgIpc) is 2.83. The second kappa shape index (κ2) is 5.27. The van der Waals surface area contributed by atoms with E-state index < -0.39 is 10.0 Å². The van der Waals surface area contributed by atoms with Crippen molar-refractivity contribution in [3.63, 3.8) is 0 Å². The van der Waals surface area contributed by atoms with Crippen molar-refractivity contribution in [2.45, 2.75) is 11.4 Å². The number of hydrogen-bond donors (Lipinski definition) is 2. The number of aromatic amines is 1. The summed E-state index contributed by atoms with van der Waals surface area (Å²) in [7, 11) is -3.70. The van der Waals surface area contributed by atoms with Gasteiger partial charge in [-0.3, -0.25) is 0 Å². The van der Waals surface area contributed by atoms with Gasteiger partial charge in [-0.05, 0) is 18.2 Å². The van der Waals surface area contributed by atoms with Crippen LogP contribution in [0.5, 0.6) is 0 Å². The molecule has 0 fully saturated rings. The Morgan fingerprint density at radius 1 is 1.33 bits per heavy atom. The zero-order chi connectivity index (χ0) is 13.2. The minimum atomic E-state index is -3.70.